The summed E-state index contributed by atoms with van der Waals surface area (Å²) in [7, 11) is 0. The Morgan fingerprint density at radius 1 is 0.972 bits per heavy atom. The van der Waals surface area contributed by atoms with Crippen LogP contribution in [0.25, 0.3) is 11.1 Å². The summed E-state index contributed by atoms with van der Waals surface area (Å²) in [6.07, 6.45) is -9.33. The van der Waals surface area contributed by atoms with E-state index in [1.54, 1.807) is 0 Å². The molecule has 0 bridgehead atoms. The van der Waals surface area contributed by atoms with E-state index < -0.39 is 41.7 Å². The van der Waals surface area contributed by atoms with E-state index in [-0.39, 0.29) is 25.5 Å². The number of nitrogens with one attached hydrogen (secondary N) is 1. The molecule has 3 aromatic rings. The number of alkyl halides is 3. The van der Waals surface area contributed by atoms with Gasteiger partial charge in [0.1, 0.15) is 24.2 Å². The van der Waals surface area contributed by atoms with Gasteiger partial charge in [-0.2, -0.15) is 0 Å². The van der Waals surface area contributed by atoms with Crippen molar-refractivity contribution in [2.45, 2.75) is 30.9 Å². The normalized spacial score (nSPS) is 14.5. The Hall–Kier alpha value is -3.76. The van der Waals surface area contributed by atoms with Crippen LogP contribution in [0.15, 0.2) is 66.7 Å². The first-order chi connectivity index (χ1) is 17.1. The van der Waals surface area contributed by atoms with Crippen LogP contribution in [-0.2, 0) is 4.74 Å². The standard InChI is InChI=1S/C26H24F3NO6/c27-26(28,29)36-23-10-9-15(31)13-20(23)24(33)22(32)11-12-30-25(34)35-14-21-18-7-3-1-5-16(18)17-6-2-4-8-19(17)21/h1-10,13,21-22,24,31-33H,11-12,14H2,(H,30,34). The second-order valence-corrected chi connectivity index (χ2v) is 8.32. The number of hydrogen-bond donors (Lipinski definition) is 4. The Bertz CT molecular complexity index is 1190. The fourth-order valence-electron chi connectivity index (χ4n) is 4.32. The van der Waals surface area contributed by atoms with Gasteiger partial charge < -0.3 is 30.1 Å². The van der Waals surface area contributed by atoms with E-state index in [0.717, 1.165) is 40.5 Å². The molecule has 0 saturated heterocycles. The molecule has 4 N–H and O–H groups in total. The minimum Gasteiger partial charge on any atom is -0.508 e. The van der Waals surface area contributed by atoms with Gasteiger partial charge in [-0.15, -0.1) is 13.2 Å². The highest BCUT2D eigenvalue weighted by atomic mass is 19.4. The van der Waals surface area contributed by atoms with Gasteiger partial charge in [-0.05, 0) is 46.9 Å². The van der Waals surface area contributed by atoms with Crippen LogP contribution in [0.4, 0.5) is 18.0 Å². The molecule has 7 nitrogen and oxygen atoms in total. The van der Waals surface area contributed by atoms with Crippen molar-refractivity contribution in [1.82, 2.24) is 5.32 Å². The quantitative estimate of drug-likeness (QED) is 0.358. The number of fused-ring (bicyclic) bond motifs is 3. The molecular formula is C26H24F3NO6. The second-order valence-electron chi connectivity index (χ2n) is 8.32. The Morgan fingerprint density at radius 3 is 2.19 bits per heavy atom. The van der Waals surface area contributed by atoms with Gasteiger partial charge in [-0.3, -0.25) is 0 Å². The highest BCUT2D eigenvalue weighted by molar-refractivity contribution is 5.79. The number of aliphatic hydroxyl groups is 2. The lowest BCUT2D eigenvalue weighted by Gasteiger charge is -2.22. The van der Waals surface area contributed by atoms with Crippen molar-refractivity contribution in [2.24, 2.45) is 0 Å². The Balaban J connectivity index is 1.31. The minimum atomic E-state index is -5.03. The number of benzene rings is 3. The Morgan fingerprint density at radius 2 is 1.58 bits per heavy atom. The first-order valence-electron chi connectivity index (χ1n) is 11.2. The number of aromatic hydroxyl groups is 1. The van der Waals surface area contributed by atoms with E-state index in [2.05, 4.69) is 10.1 Å². The van der Waals surface area contributed by atoms with Crippen molar-refractivity contribution in [3.63, 3.8) is 0 Å². The van der Waals surface area contributed by atoms with Crippen molar-refractivity contribution >= 4 is 6.09 Å². The summed E-state index contributed by atoms with van der Waals surface area (Å²) >= 11 is 0. The van der Waals surface area contributed by atoms with Crippen molar-refractivity contribution in [2.75, 3.05) is 13.2 Å². The number of ether oxygens (including phenoxy) is 2. The molecule has 10 heteroatoms. The molecule has 3 aromatic carbocycles. The highest BCUT2D eigenvalue weighted by Gasteiger charge is 2.34. The topological polar surface area (TPSA) is 108 Å². The summed E-state index contributed by atoms with van der Waals surface area (Å²) in [5, 5.41) is 32.6. The lowest BCUT2D eigenvalue weighted by atomic mass is 9.98. The summed E-state index contributed by atoms with van der Waals surface area (Å²) in [5.41, 5.74) is 3.82. The van der Waals surface area contributed by atoms with Crippen LogP contribution >= 0.6 is 0 Å². The SMILES string of the molecule is O=C(NCCC(O)C(O)c1cc(O)ccc1OC(F)(F)F)OCC1c2ccccc2-c2ccccc21. The number of carbonyl (C=O) groups excluding carboxylic acids is 1. The van der Waals surface area contributed by atoms with E-state index >= 15 is 0 Å². The molecule has 1 aliphatic carbocycles. The number of phenols is 1. The number of phenolic OH excluding ortho intramolecular Hbond substituents is 1. The van der Waals surface area contributed by atoms with E-state index in [4.69, 9.17) is 4.74 Å². The summed E-state index contributed by atoms with van der Waals surface area (Å²) in [6, 6.07) is 18.4. The molecule has 2 atom stereocenters. The van der Waals surface area contributed by atoms with E-state index in [1.165, 1.54) is 0 Å². The summed E-state index contributed by atoms with van der Waals surface area (Å²) < 4.78 is 47.2. The smallest absolute Gasteiger partial charge is 0.508 e. The molecule has 0 aromatic heterocycles. The molecular weight excluding hydrogens is 479 g/mol. The number of hydrogen-bond acceptors (Lipinski definition) is 6. The predicted molar refractivity (Wildman–Crippen MR) is 123 cm³/mol. The molecule has 0 spiro atoms. The zero-order chi connectivity index (χ0) is 25.9. The molecule has 1 amide bonds. The van der Waals surface area contributed by atoms with Crippen LogP contribution in [0.2, 0.25) is 0 Å². The van der Waals surface area contributed by atoms with Gasteiger partial charge in [0, 0.05) is 18.0 Å². The van der Waals surface area contributed by atoms with Crippen molar-refractivity contribution < 1.29 is 42.8 Å². The maximum atomic E-state index is 12.6. The molecule has 0 radical (unpaired) electrons. The Kier molecular flexibility index (Phi) is 7.37. The van der Waals surface area contributed by atoms with Crippen LogP contribution in [-0.4, -0.2) is 47.0 Å². The van der Waals surface area contributed by atoms with Crippen LogP contribution in [0.3, 0.4) is 0 Å². The van der Waals surface area contributed by atoms with Gasteiger partial charge in [0.05, 0.1) is 6.10 Å². The third-order valence-electron chi connectivity index (χ3n) is 5.96. The number of aliphatic hydroxyl groups excluding tert-OH is 2. The lowest BCUT2D eigenvalue weighted by Crippen LogP contribution is -2.31. The van der Waals surface area contributed by atoms with Crippen LogP contribution in [0.1, 0.15) is 35.1 Å². The van der Waals surface area contributed by atoms with E-state index in [9.17, 15) is 33.3 Å². The molecule has 0 fully saturated rings. The third-order valence-corrected chi connectivity index (χ3v) is 5.96. The summed E-state index contributed by atoms with van der Waals surface area (Å²) in [5.74, 6) is -1.30. The molecule has 0 aliphatic heterocycles. The fourth-order valence-corrected chi connectivity index (χ4v) is 4.32. The second kappa shape index (κ2) is 10.5. The zero-order valence-corrected chi connectivity index (χ0v) is 18.9. The largest absolute Gasteiger partial charge is 0.573 e. The summed E-state index contributed by atoms with van der Waals surface area (Å²) in [4.78, 5) is 12.2. The van der Waals surface area contributed by atoms with Crippen molar-refractivity contribution in [1.29, 1.82) is 0 Å². The Labute approximate surface area is 204 Å². The van der Waals surface area contributed by atoms with Gasteiger partial charge in [-0.25, -0.2) is 4.79 Å². The first-order valence-corrected chi connectivity index (χ1v) is 11.2. The highest BCUT2D eigenvalue weighted by Crippen LogP contribution is 2.44. The zero-order valence-electron chi connectivity index (χ0n) is 18.9. The number of rotatable bonds is 8. The maximum absolute atomic E-state index is 12.6. The van der Waals surface area contributed by atoms with Crippen LogP contribution in [0.5, 0.6) is 11.5 Å². The third kappa shape index (κ3) is 5.72. The van der Waals surface area contributed by atoms with Gasteiger partial charge in [0.25, 0.3) is 0 Å². The average molecular weight is 503 g/mol. The number of halogens is 3. The predicted octanol–water partition coefficient (Wildman–Crippen LogP) is 4.61. The van der Waals surface area contributed by atoms with Crippen molar-refractivity contribution in [3.8, 4) is 22.6 Å². The van der Waals surface area contributed by atoms with E-state index in [1.807, 2.05) is 48.5 Å². The molecule has 36 heavy (non-hydrogen) atoms. The number of amides is 1. The van der Waals surface area contributed by atoms with Gasteiger partial charge in [0.15, 0.2) is 0 Å². The monoisotopic (exact) mass is 503 g/mol. The van der Waals surface area contributed by atoms with Crippen LogP contribution < -0.4 is 10.1 Å². The minimum absolute atomic E-state index is 0.0898. The molecule has 0 heterocycles. The first kappa shape index (κ1) is 25.3. The van der Waals surface area contributed by atoms with Crippen molar-refractivity contribution in [3.05, 3.63) is 83.4 Å². The molecule has 2 unspecified atom stereocenters. The van der Waals surface area contributed by atoms with E-state index in [0.29, 0.717) is 0 Å². The lowest BCUT2D eigenvalue weighted by molar-refractivity contribution is -0.275. The molecule has 0 saturated carbocycles. The average Bonchev–Trinajstić information content (AvgIpc) is 3.16. The number of carbonyl (C=O) groups is 1. The molecule has 1 aliphatic rings. The number of alkyl carbamates (subject to hydrolysis) is 1. The molecule has 4 rings (SSSR count). The fraction of sp³-hybridized carbons (Fsp3) is 0.269. The summed E-state index contributed by atoms with van der Waals surface area (Å²) in [6.45, 7) is -0.0321. The maximum Gasteiger partial charge on any atom is 0.573 e. The van der Waals surface area contributed by atoms with Gasteiger partial charge >= 0.3 is 12.5 Å². The van der Waals surface area contributed by atoms with Gasteiger partial charge in [0.2, 0.25) is 0 Å². The van der Waals surface area contributed by atoms with Crippen LogP contribution in [0, 0.1) is 0 Å². The van der Waals surface area contributed by atoms with Gasteiger partial charge in [-0.1, -0.05) is 48.5 Å². The molecule has 190 valence electrons.